The Labute approximate surface area is 129 Å². The lowest BCUT2D eigenvalue weighted by Crippen LogP contribution is -2.51. The van der Waals surface area contributed by atoms with Crippen molar-refractivity contribution < 1.29 is 15.0 Å². The standard InChI is InChI=1S/C18H19NO3/c1-11-8-9-15-14(10-11)17(21)16(20)12(2)19(15)18(22)13-6-4-3-5-7-13/h3-10,12,16-17,20-21H,1-2H3/t12-,16-,17+/m0/s1. The van der Waals surface area contributed by atoms with Gasteiger partial charge < -0.3 is 15.1 Å². The molecule has 0 aliphatic carbocycles. The van der Waals surface area contributed by atoms with Crippen molar-refractivity contribution in [3.8, 4) is 0 Å². The number of carbonyl (C=O) groups excluding carboxylic acids is 1. The first-order valence-corrected chi connectivity index (χ1v) is 7.36. The second-order valence-corrected chi connectivity index (χ2v) is 5.78. The second kappa shape index (κ2) is 5.55. The number of hydrogen-bond acceptors (Lipinski definition) is 3. The van der Waals surface area contributed by atoms with Gasteiger partial charge in [0.2, 0.25) is 0 Å². The quantitative estimate of drug-likeness (QED) is 0.850. The van der Waals surface area contributed by atoms with Crippen LogP contribution < -0.4 is 4.90 Å². The van der Waals surface area contributed by atoms with Crippen molar-refractivity contribution in [2.75, 3.05) is 4.90 Å². The topological polar surface area (TPSA) is 60.8 Å². The Morgan fingerprint density at radius 1 is 1.09 bits per heavy atom. The summed E-state index contributed by atoms with van der Waals surface area (Å²) in [5.41, 5.74) is 2.79. The van der Waals surface area contributed by atoms with E-state index in [1.54, 1.807) is 24.0 Å². The number of aliphatic hydroxyl groups excluding tert-OH is 2. The summed E-state index contributed by atoms with van der Waals surface area (Å²) in [5, 5.41) is 20.6. The zero-order valence-corrected chi connectivity index (χ0v) is 12.6. The third kappa shape index (κ3) is 2.30. The van der Waals surface area contributed by atoms with Crippen molar-refractivity contribution in [1.82, 2.24) is 0 Å². The lowest BCUT2D eigenvalue weighted by Gasteiger charge is -2.41. The van der Waals surface area contributed by atoms with Gasteiger partial charge in [-0.05, 0) is 32.0 Å². The van der Waals surface area contributed by atoms with Crippen LogP contribution in [0.3, 0.4) is 0 Å². The first kappa shape index (κ1) is 14.8. The van der Waals surface area contributed by atoms with Gasteiger partial charge in [0.05, 0.1) is 11.7 Å². The van der Waals surface area contributed by atoms with Crippen molar-refractivity contribution in [2.45, 2.75) is 32.1 Å². The molecule has 2 aromatic carbocycles. The van der Waals surface area contributed by atoms with E-state index >= 15 is 0 Å². The van der Waals surface area contributed by atoms with E-state index in [2.05, 4.69) is 0 Å². The summed E-state index contributed by atoms with van der Waals surface area (Å²) in [6.07, 6.45) is -1.99. The van der Waals surface area contributed by atoms with Crippen LogP contribution in [0.4, 0.5) is 5.69 Å². The molecular weight excluding hydrogens is 278 g/mol. The molecule has 1 heterocycles. The molecule has 2 N–H and O–H groups in total. The molecule has 114 valence electrons. The Kier molecular flexibility index (Phi) is 3.72. The van der Waals surface area contributed by atoms with Gasteiger partial charge in [-0.15, -0.1) is 0 Å². The van der Waals surface area contributed by atoms with Gasteiger partial charge in [-0.3, -0.25) is 4.79 Å². The maximum absolute atomic E-state index is 12.8. The number of aryl methyl sites for hydroxylation is 1. The maximum Gasteiger partial charge on any atom is 0.258 e. The highest BCUT2D eigenvalue weighted by molar-refractivity contribution is 6.07. The molecule has 0 unspecified atom stereocenters. The monoisotopic (exact) mass is 297 g/mol. The van der Waals surface area contributed by atoms with Crippen LogP contribution in [-0.2, 0) is 0 Å². The number of hydrogen-bond donors (Lipinski definition) is 2. The minimum absolute atomic E-state index is 0.177. The van der Waals surface area contributed by atoms with E-state index in [1.165, 1.54) is 0 Å². The van der Waals surface area contributed by atoms with Gasteiger partial charge >= 0.3 is 0 Å². The Morgan fingerprint density at radius 2 is 1.77 bits per heavy atom. The number of aliphatic hydroxyl groups is 2. The summed E-state index contributed by atoms with van der Waals surface area (Å²) in [5.74, 6) is -0.177. The molecule has 0 aromatic heterocycles. The second-order valence-electron chi connectivity index (χ2n) is 5.78. The van der Waals surface area contributed by atoms with Crippen molar-refractivity contribution in [3.63, 3.8) is 0 Å². The number of nitrogens with zero attached hydrogens (tertiary/aromatic N) is 1. The van der Waals surface area contributed by atoms with E-state index in [0.29, 0.717) is 16.8 Å². The van der Waals surface area contributed by atoms with E-state index in [0.717, 1.165) is 5.56 Å². The fourth-order valence-electron chi connectivity index (χ4n) is 2.96. The Morgan fingerprint density at radius 3 is 2.45 bits per heavy atom. The molecule has 0 bridgehead atoms. The van der Waals surface area contributed by atoms with Crippen LogP contribution in [0.2, 0.25) is 0 Å². The van der Waals surface area contributed by atoms with Gasteiger partial charge in [0, 0.05) is 11.1 Å². The Hall–Kier alpha value is -2.17. The summed E-state index contributed by atoms with van der Waals surface area (Å²) in [6, 6.07) is 14.0. The summed E-state index contributed by atoms with van der Waals surface area (Å²) in [4.78, 5) is 14.4. The SMILES string of the molecule is Cc1ccc2c(c1)[C@@H](O)[C@@H](O)[C@H](C)N2C(=O)c1ccccc1. The fourth-order valence-corrected chi connectivity index (χ4v) is 2.96. The number of benzene rings is 2. The zero-order valence-electron chi connectivity index (χ0n) is 12.6. The number of carbonyl (C=O) groups is 1. The Bertz CT molecular complexity index is 699. The average Bonchev–Trinajstić information content (AvgIpc) is 2.54. The predicted octanol–water partition coefficient (Wildman–Crippen LogP) is 2.44. The van der Waals surface area contributed by atoms with Crippen molar-refractivity contribution >= 4 is 11.6 Å². The smallest absolute Gasteiger partial charge is 0.258 e. The molecule has 1 amide bonds. The van der Waals surface area contributed by atoms with Crippen LogP contribution in [0.5, 0.6) is 0 Å². The number of anilines is 1. The third-order valence-electron chi connectivity index (χ3n) is 4.23. The van der Waals surface area contributed by atoms with Gasteiger partial charge in [0.25, 0.3) is 5.91 Å². The van der Waals surface area contributed by atoms with Crippen molar-refractivity contribution in [1.29, 1.82) is 0 Å². The summed E-state index contributed by atoms with van der Waals surface area (Å²) < 4.78 is 0. The maximum atomic E-state index is 12.8. The average molecular weight is 297 g/mol. The number of rotatable bonds is 1. The molecule has 0 fully saturated rings. The highest BCUT2D eigenvalue weighted by atomic mass is 16.3. The molecule has 2 aromatic rings. The van der Waals surface area contributed by atoms with E-state index in [9.17, 15) is 15.0 Å². The molecule has 4 nitrogen and oxygen atoms in total. The van der Waals surface area contributed by atoms with Gasteiger partial charge in [-0.2, -0.15) is 0 Å². The number of amides is 1. The van der Waals surface area contributed by atoms with Gasteiger partial charge in [-0.25, -0.2) is 0 Å². The minimum atomic E-state index is -1.01. The molecule has 4 heteroatoms. The van der Waals surface area contributed by atoms with Crippen LogP contribution in [0.1, 0.15) is 34.5 Å². The summed E-state index contributed by atoms with van der Waals surface area (Å²) in [7, 11) is 0. The van der Waals surface area contributed by atoms with Crippen LogP contribution in [0.25, 0.3) is 0 Å². The molecule has 0 radical (unpaired) electrons. The zero-order chi connectivity index (χ0) is 15.9. The van der Waals surface area contributed by atoms with Crippen LogP contribution in [0.15, 0.2) is 48.5 Å². The van der Waals surface area contributed by atoms with Crippen LogP contribution >= 0.6 is 0 Å². The molecule has 0 spiro atoms. The van der Waals surface area contributed by atoms with Gasteiger partial charge in [0.15, 0.2) is 0 Å². The fraction of sp³-hybridized carbons (Fsp3) is 0.278. The highest BCUT2D eigenvalue weighted by Crippen LogP contribution is 2.38. The van der Waals surface area contributed by atoms with Crippen LogP contribution in [0, 0.1) is 6.92 Å². The van der Waals surface area contributed by atoms with Crippen LogP contribution in [-0.4, -0.2) is 28.3 Å². The highest BCUT2D eigenvalue weighted by Gasteiger charge is 2.39. The predicted molar refractivity (Wildman–Crippen MR) is 84.9 cm³/mol. The van der Waals surface area contributed by atoms with E-state index in [-0.39, 0.29) is 5.91 Å². The van der Waals surface area contributed by atoms with Gasteiger partial charge in [0.1, 0.15) is 12.2 Å². The van der Waals surface area contributed by atoms with Crippen molar-refractivity contribution in [2.24, 2.45) is 0 Å². The molecule has 0 saturated heterocycles. The summed E-state index contributed by atoms with van der Waals surface area (Å²) >= 11 is 0. The largest absolute Gasteiger partial charge is 0.388 e. The normalized spacial score (nSPS) is 24.0. The molecule has 1 aliphatic rings. The Balaban J connectivity index is 2.11. The lowest BCUT2D eigenvalue weighted by molar-refractivity contribution is -0.00107. The molecule has 3 rings (SSSR count). The van der Waals surface area contributed by atoms with Gasteiger partial charge in [-0.1, -0.05) is 35.9 Å². The first-order chi connectivity index (χ1) is 10.5. The third-order valence-corrected chi connectivity index (χ3v) is 4.23. The van der Waals surface area contributed by atoms with Crippen molar-refractivity contribution in [3.05, 3.63) is 65.2 Å². The molecule has 22 heavy (non-hydrogen) atoms. The lowest BCUT2D eigenvalue weighted by atomic mass is 9.89. The molecular formula is C18H19NO3. The molecule has 0 saturated carbocycles. The molecule has 3 atom stereocenters. The molecule has 1 aliphatic heterocycles. The number of fused-ring (bicyclic) bond motifs is 1. The van der Waals surface area contributed by atoms with E-state index in [4.69, 9.17) is 0 Å². The van der Waals surface area contributed by atoms with E-state index < -0.39 is 18.2 Å². The summed E-state index contributed by atoms with van der Waals surface area (Å²) in [6.45, 7) is 3.66. The first-order valence-electron chi connectivity index (χ1n) is 7.36. The van der Waals surface area contributed by atoms with E-state index in [1.807, 2.05) is 43.3 Å². The minimum Gasteiger partial charge on any atom is -0.388 e.